The molecule has 2 aromatic carbocycles. The maximum atomic E-state index is 15.7. The van der Waals surface area contributed by atoms with Crippen LogP contribution in [0.5, 0.6) is 0 Å². The Morgan fingerprint density at radius 1 is 1.21 bits per heavy atom. The zero-order valence-electron chi connectivity index (χ0n) is 19.2. The molecule has 2 bridgehead atoms. The Morgan fingerprint density at radius 2 is 1.88 bits per heavy atom. The fourth-order valence-corrected chi connectivity index (χ4v) is 6.70. The maximum absolute atomic E-state index is 15.7. The van der Waals surface area contributed by atoms with Crippen LogP contribution in [0.25, 0.3) is 16.5 Å². The number of nitrogens with one attached hydrogen (secondary N) is 1. The Balaban J connectivity index is 1.53. The highest BCUT2D eigenvalue weighted by molar-refractivity contribution is 6.14. The second kappa shape index (κ2) is 7.51. The van der Waals surface area contributed by atoms with Crippen molar-refractivity contribution in [3.05, 3.63) is 77.0 Å². The van der Waals surface area contributed by atoms with Gasteiger partial charge in [0.2, 0.25) is 0 Å². The van der Waals surface area contributed by atoms with Gasteiger partial charge in [-0.1, -0.05) is 31.7 Å². The second-order valence-electron chi connectivity index (χ2n) is 10.5. The monoisotopic (exact) mass is 462 g/mol. The number of aromatic nitrogens is 1. The van der Waals surface area contributed by atoms with Gasteiger partial charge in [-0.3, -0.25) is 4.90 Å². The molecule has 176 valence electrons. The summed E-state index contributed by atoms with van der Waals surface area (Å²) in [5.74, 6) is -1.93. The molecule has 7 rings (SSSR count). The third kappa shape index (κ3) is 3.08. The van der Waals surface area contributed by atoms with Gasteiger partial charge in [-0.15, -0.1) is 0 Å². The van der Waals surface area contributed by atoms with E-state index in [-0.39, 0.29) is 28.2 Å². The SMILES string of the molecule is C=C(C(=O)O)c1cc(F)c(C2c3[nH]c4ccccc4c3CC(CC)N2CC23CC(C2)C3)c(F)c1. The third-order valence-corrected chi connectivity index (χ3v) is 8.47. The van der Waals surface area contributed by atoms with Gasteiger partial charge in [-0.05, 0) is 72.8 Å². The van der Waals surface area contributed by atoms with Crippen molar-refractivity contribution >= 4 is 22.4 Å². The summed E-state index contributed by atoms with van der Waals surface area (Å²) in [6.45, 7) is 6.44. The quantitative estimate of drug-likeness (QED) is 0.437. The summed E-state index contributed by atoms with van der Waals surface area (Å²) in [4.78, 5) is 17.2. The van der Waals surface area contributed by atoms with E-state index in [2.05, 4.69) is 29.5 Å². The molecule has 2 unspecified atom stereocenters. The van der Waals surface area contributed by atoms with Gasteiger partial charge in [-0.25, -0.2) is 13.6 Å². The number of aromatic amines is 1. The van der Waals surface area contributed by atoms with Gasteiger partial charge < -0.3 is 10.1 Å². The minimum absolute atomic E-state index is 0.0144. The predicted molar refractivity (Wildman–Crippen MR) is 127 cm³/mol. The molecule has 3 fully saturated rings. The van der Waals surface area contributed by atoms with Crippen molar-refractivity contribution < 1.29 is 18.7 Å². The average molecular weight is 463 g/mol. The maximum Gasteiger partial charge on any atom is 0.335 e. The van der Waals surface area contributed by atoms with Gasteiger partial charge in [-0.2, -0.15) is 0 Å². The van der Waals surface area contributed by atoms with Gasteiger partial charge in [0.15, 0.2) is 0 Å². The van der Waals surface area contributed by atoms with E-state index >= 15 is 8.78 Å². The molecule has 1 aromatic heterocycles. The summed E-state index contributed by atoms with van der Waals surface area (Å²) in [5, 5.41) is 10.4. The summed E-state index contributed by atoms with van der Waals surface area (Å²) in [7, 11) is 0. The lowest BCUT2D eigenvalue weighted by Crippen LogP contribution is -2.60. The van der Waals surface area contributed by atoms with E-state index in [0.717, 1.165) is 59.6 Å². The number of benzene rings is 2. The van der Waals surface area contributed by atoms with E-state index in [1.165, 1.54) is 19.3 Å². The Hall–Kier alpha value is -2.99. The zero-order chi connectivity index (χ0) is 23.8. The van der Waals surface area contributed by atoms with Gasteiger partial charge in [0.05, 0.1) is 11.6 Å². The molecule has 1 aliphatic heterocycles. The van der Waals surface area contributed by atoms with Crippen molar-refractivity contribution in [1.82, 2.24) is 9.88 Å². The number of rotatable bonds is 6. The fourth-order valence-electron chi connectivity index (χ4n) is 6.70. The standard InChI is InChI=1S/C28H28F2N2O2/c1-3-18-10-20-19-6-4-5-7-23(19)31-25(20)26(32(18)14-28-11-16(12-28)13-28)24-21(29)8-17(9-22(24)30)15(2)27(33)34/h4-9,16,18,26,31H,2-3,10-14H2,1H3,(H,33,34). The van der Waals surface area contributed by atoms with Crippen LogP contribution >= 0.6 is 0 Å². The lowest BCUT2D eigenvalue weighted by molar-refractivity contribution is -0.136. The second-order valence-corrected chi connectivity index (χ2v) is 10.5. The van der Waals surface area contributed by atoms with Crippen molar-refractivity contribution in [2.45, 2.75) is 51.1 Å². The first-order chi connectivity index (χ1) is 16.3. The molecule has 3 aliphatic carbocycles. The predicted octanol–water partition coefficient (Wildman–Crippen LogP) is 6.07. The van der Waals surface area contributed by atoms with Crippen molar-refractivity contribution in [2.24, 2.45) is 11.3 Å². The molecule has 6 heteroatoms. The van der Waals surface area contributed by atoms with Crippen LogP contribution in [0.1, 0.15) is 61.0 Å². The Kier molecular flexibility index (Phi) is 4.75. The lowest BCUT2D eigenvalue weighted by atomic mass is 9.44. The van der Waals surface area contributed by atoms with Crippen LogP contribution in [0, 0.1) is 23.0 Å². The summed E-state index contributed by atoms with van der Waals surface area (Å²) in [6, 6.07) is 9.83. The van der Waals surface area contributed by atoms with Crippen LogP contribution in [0.4, 0.5) is 8.78 Å². The van der Waals surface area contributed by atoms with E-state index in [9.17, 15) is 9.90 Å². The van der Waals surface area contributed by atoms with E-state index in [4.69, 9.17) is 0 Å². The Labute approximate surface area is 197 Å². The fraction of sp³-hybridized carbons (Fsp3) is 0.393. The summed E-state index contributed by atoms with van der Waals surface area (Å²) < 4.78 is 31.4. The van der Waals surface area contributed by atoms with E-state index in [0.29, 0.717) is 0 Å². The number of hydrogen-bond acceptors (Lipinski definition) is 2. The molecule has 0 spiro atoms. The van der Waals surface area contributed by atoms with Crippen LogP contribution in [0.15, 0.2) is 43.0 Å². The molecule has 0 amide bonds. The molecular weight excluding hydrogens is 434 g/mol. The normalized spacial score (nSPS) is 27.7. The highest BCUT2D eigenvalue weighted by Crippen LogP contribution is 2.65. The Bertz CT molecular complexity index is 1300. The van der Waals surface area contributed by atoms with E-state index < -0.39 is 23.6 Å². The van der Waals surface area contributed by atoms with Crippen LogP contribution in [-0.4, -0.2) is 33.5 Å². The highest BCUT2D eigenvalue weighted by atomic mass is 19.1. The number of para-hydroxylation sites is 1. The average Bonchev–Trinajstić information content (AvgIpc) is 3.12. The first kappa shape index (κ1) is 21.5. The molecule has 4 nitrogen and oxygen atoms in total. The van der Waals surface area contributed by atoms with Crippen molar-refractivity contribution in [3.8, 4) is 0 Å². The number of nitrogens with zero attached hydrogens (tertiary/aromatic N) is 1. The highest BCUT2D eigenvalue weighted by Gasteiger charge is 2.58. The molecule has 2 heterocycles. The van der Waals surface area contributed by atoms with Crippen molar-refractivity contribution in [3.63, 3.8) is 0 Å². The number of carbonyl (C=O) groups is 1. The topological polar surface area (TPSA) is 56.3 Å². The van der Waals surface area contributed by atoms with E-state index in [1.54, 1.807) is 0 Å². The summed E-state index contributed by atoms with van der Waals surface area (Å²) >= 11 is 0. The molecule has 3 saturated carbocycles. The van der Waals surface area contributed by atoms with Crippen molar-refractivity contribution in [2.75, 3.05) is 6.54 Å². The first-order valence-electron chi connectivity index (χ1n) is 12.1. The zero-order valence-corrected chi connectivity index (χ0v) is 19.2. The minimum atomic E-state index is -1.29. The number of H-pyrrole nitrogens is 1. The van der Waals surface area contributed by atoms with Crippen LogP contribution in [0.3, 0.4) is 0 Å². The van der Waals surface area contributed by atoms with Crippen LogP contribution in [-0.2, 0) is 11.2 Å². The Morgan fingerprint density at radius 3 is 2.47 bits per heavy atom. The molecule has 3 aromatic rings. The number of hydrogen-bond donors (Lipinski definition) is 2. The van der Waals surface area contributed by atoms with Gasteiger partial charge in [0, 0.05) is 34.7 Å². The summed E-state index contributed by atoms with van der Waals surface area (Å²) in [5.41, 5.74) is 2.83. The molecular formula is C28H28F2N2O2. The largest absolute Gasteiger partial charge is 0.478 e. The number of fused-ring (bicyclic) bond motifs is 3. The van der Waals surface area contributed by atoms with E-state index in [1.807, 2.05) is 18.2 Å². The third-order valence-electron chi connectivity index (χ3n) is 8.47. The molecule has 2 atom stereocenters. The molecule has 0 radical (unpaired) electrons. The van der Waals surface area contributed by atoms with Gasteiger partial charge in [0.25, 0.3) is 0 Å². The van der Waals surface area contributed by atoms with Gasteiger partial charge in [0.1, 0.15) is 11.6 Å². The molecule has 0 saturated heterocycles. The number of halogens is 2. The summed E-state index contributed by atoms with van der Waals surface area (Å²) in [6.07, 6.45) is 5.33. The number of carboxylic acids is 1. The number of carboxylic acid groups (broad SMARTS) is 1. The van der Waals surface area contributed by atoms with Gasteiger partial charge >= 0.3 is 5.97 Å². The first-order valence-corrected chi connectivity index (χ1v) is 12.1. The van der Waals surface area contributed by atoms with Crippen LogP contribution in [0.2, 0.25) is 0 Å². The smallest absolute Gasteiger partial charge is 0.335 e. The molecule has 2 N–H and O–H groups in total. The van der Waals surface area contributed by atoms with Crippen molar-refractivity contribution in [1.29, 1.82) is 0 Å². The molecule has 4 aliphatic rings. The number of aliphatic carboxylic acids is 1. The minimum Gasteiger partial charge on any atom is -0.478 e. The lowest BCUT2D eigenvalue weighted by Gasteiger charge is -2.64. The molecule has 34 heavy (non-hydrogen) atoms. The van der Waals surface area contributed by atoms with Crippen LogP contribution < -0.4 is 0 Å².